The van der Waals surface area contributed by atoms with Crippen molar-refractivity contribution >= 4 is 22.6 Å². The molecular weight excluding hydrogens is 483 g/mol. The number of halogens is 1. The smallest absolute Gasteiger partial charge is 0.261 e. The monoisotopic (exact) mass is 508 g/mol. The van der Waals surface area contributed by atoms with Gasteiger partial charge in [-0.25, -0.2) is 9.37 Å². The predicted octanol–water partition coefficient (Wildman–Crippen LogP) is 4.15. The number of rotatable bonds is 7. The van der Waals surface area contributed by atoms with Gasteiger partial charge in [-0.15, -0.1) is 0 Å². The van der Waals surface area contributed by atoms with Gasteiger partial charge in [0.15, 0.2) is 28.8 Å². The Balaban J connectivity index is 1.63. The number of carbonyl (C=O) groups excluding carboxylic acids is 1. The molecule has 1 aromatic carbocycles. The summed E-state index contributed by atoms with van der Waals surface area (Å²) >= 11 is 0. The Kier molecular flexibility index (Phi) is 6.96. The Bertz CT molecular complexity index is 1580. The molecule has 0 aliphatic heterocycles. The van der Waals surface area contributed by atoms with Crippen LogP contribution in [0.15, 0.2) is 41.3 Å². The lowest BCUT2D eigenvalue weighted by Gasteiger charge is -2.16. The molecule has 37 heavy (non-hydrogen) atoms. The second-order valence-corrected chi connectivity index (χ2v) is 8.05. The Morgan fingerprint density at radius 2 is 1.73 bits per heavy atom. The van der Waals surface area contributed by atoms with Gasteiger partial charge in [0.25, 0.3) is 11.8 Å². The van der Waals surface area contributed by atoms with Crippen molar-refractivity contribution in [1.29, 1.82) is 0 Å². The van der Waals surface area contributed by atoms with Crippen LogP contribution in [0.4, 0.5) is 10.1 Å². The zero-order chi connectivity index (χ0) is 26.9. The Labute approximate surface area is 211 Å². The molecule has 0 bridgehead atoms. The number of aromatic nitrogens is 3. The zero-order valence-corrected chi connectivity index (χ0v) is 21.1. The molecule has 10 nitrogen and oxygen atoms in total. The molecule has 0 saturated heterocycles. The van der Waals surface area contributed by atoms with Gasteiger partial charge in [0, 0.05) is 42.8 Å². The first-order valence-corrected chi connectivity index (χ1v) is 11.1. The quantitative estimate of drug-likeness (QED) is 0.396. The van der Waals surface area contributed by atoms with E-state index in [1.54, 1.807) is 37.6 Å². The molecule has 0 aliphatic rings. The van der Waals surface area contributed by atoms with E-state index >= 15 is 4.39 Å². The number of methoxy groups -OCH3 is 3. The van der Waals surface area contributed by atoms with Crippen LogP contribution in [0.5, 0.6) is 28.9 Å². The van der Waals surface area contributed by atoms with Crippen molar-refractivity contribution in [2.45, 2.75) is 13.8 Å². The summed E-state index contributed by atoms with van der Waals surface area (Å²) in [7, 11) is 6.02. The van der Waals surface area contributed by atoms with Crippen molar-refractivity contribution in [3.05, 3.63) is 69.5 Å². The number of hydrogen-bond donors (Lipinski definition) is 1. The second kappa shape index (κ2) is 10.1. The van der Waals surface area contributed by atoms with Crippen LogP contribution in [0.3, 0.4) is 0 Å². The van der Waals surface area contributed by atoms with E-state index in [0.717, 1.165) is 6.07 Å². The molecule has 0 saturated carbocycles. The van der Waals surface area contributed by atoms with Crippen LogP contribution in [0.25, 0.3) is 11.0 Å². The summed E-state index contributed by atoms with van der Waals surface area (Å²) in [5.74, 6) is -0.605. The van der Waals surface area contributed by atoms with Gasteiger partial charge in [-0.1, -0.05) is 0 Å². The van der Waals surface area contributed by atoms with Gasteiger partial charge in [0.05, 0.1) is 32.5 Å². The normalized spacial score (nSPS) is 10.8. The topological polar surface area (TPSA) is 114 Å². The number of hydrogen-bond acceptors (Lipinski definition) is 8. The van der Waals surface area contributed by atoms with Crippen molar-refractivity contribution in [2.24, 2.45) is 7.05 Å². The number of nitrogens with one attached hydrogen (secondary N) is 1. The number of benzene rings is 1. The van der Waals surface area contributed by atoms with Gasteiger partial charge < -0.3 is 28.8 Å². The molecule has 1 N–H and O–H groups in total. The number of amides is 1. The molecule has 4 aromatic rings. The fourth-order valence-electron chi connectivity index (χ4n) is 3.88. The average molecular weight is 509 g/mol. The van der Waals surface area contributed by atoms with E-state index in [4.69, 9.17) is 18.9 Å². The van der Waals surface area contributed by atoms with Gasteiger partial charge in [0.1, 0.15) is 11.1 Å². The van der Waals surface area contributed by atoms with Crippen LogP contribution in [0.1, 0.15) is 21.7 Å². The first kappa shape index (κ1) is 25.4. The molecule has 0 atom stereocenters. The maximum absolute atomic E-state index is 15.0. The Morgan fingerprint density at radius 1 is 0.973 bits per heavy atom. The number of carbonyl (C=O) groups is 1. The zero-order valence-electron chi connectivity index (χ0n) is 21.1. The van der Waals surface area contributed by atoms with Crippen molar-refractivity contribution < 1.29 is 28.1 Å². The maximum Gasteiger partial charge on any atom is 0.261 e. The standard InChI is InChI=1S/C26H25FN4O6/c1-13-21(23(32)24(35-5)14(2)31(13)3)25(33)29-15-7-8-18(16(27)11-15)37-19-9-10-28-17-12-20(34-4)26(36-6)30-22(17)19/h7-12H,1-6H3,(H,29,33). The molecular formula is C26H25FN4O6. The molecule has 0 fully saturated rings. The lowest BCUT2D eigenvalue weighted by atomic mass is 10.1. The van der Waals surface area contributed by atoms with Crippen molar-refractivity contribution in [1.82, 2.24) is 14.5 Å². The van der Waals surface area contributed by atoms with Gasteiger partial charge >= 0.3 is 0 Å². The maximum atomic E-state index is 15.0. The third-order valence-electron chi connectivity index (χ3n) is 5.99. The molecule has 1 amide bonds. The lowest BCUT2D eigenvalue weighted by molar-refractivity contribution is 0.102. The fraction of sp³-hybridized carbons (Fsp3) is 0.231. The largest absolute Gasteiger partial charge is 0.491 e. The number of nitrogens with zero attached hydrogens (tertiary/aromatic N) is 3. The highest BCUT2D eigenvalue weighted by Gasteiger charge is 2.22. The Morgan fingerprint density at radius 3 is 2.38 bits per heavy atom. The van der Waals surface area contributed by atoms with E-state index < -0.39 is 17.2 Å². The first-order chi connectivity index (χ1) is 17.7. The molecule has 0 spiro atoms. The summed E-state index contributed by atoms with van der Waals surface area (Å²) in [5.41, 5.74) is 1.34. The highest BCUT2D eigenvalue weighted by Crippen LogP contribution is 2.35. The van der Waals surface area contributed by atoms with E-state index in [9.17, 15) is 9.59 Å². The number of anilines is 1. The van der Waals surface area contributed by atoms with Crippen LogP contribution in [0, 0.1) is 19.7 Å². The second-order valence-electron chi connectivity index (χ2n) is 8.05. The van der Waals surface area contributed by atoms with E-state index in [2.05, 4.69) is 15.3 Å². The van der Waals surface area contributed by atoms with Crippen LogP contribution < -0.4 is 29.7 Å². The summed E-state index contributed by atoms with van der Waals surface area (Å²) in [6.07, 6.45) is 1.50. The SMILES string of the molecule is COc1cc2nccc(Oc3ccc(NC(=O)c4c(C)n(C)c(C)c(OC)c4=O)cc3F)c2nc1OC. The van der Waals surface area contributed by atoms with Crippen molar-refractivity contribution in [2.75, 3.05) is 26.6 Å². The minimum Gasteiger partial charge on any atom is -0.491 e. The Hall–Kier alpha value is -4.67. The summed E-state index contributed by atoms with van der Waals surface area (Å²) in [6.45, 7) is 3.37. The predicted molar refractivity (Wildman–Crippen MR) is 135 cm³/mol. The minimum absolute atomic E-state index is 0.0700. The molecule has 11 heteroatoms. The minimum atomic E-state index is -0.741. The highest BCUT2D eigenvalue weighted by molar-refractivity contribution is 6.05. The van der Waals surface area contributed by atoms with E-state index in [0.29, 0.717) is 28.2 Å². The van der Waals surface area contributed by atoms with Crippen LogP contribution in [-0.2, 0) is 7.05 Å². The van der Waals surface area contributed by atoms with E-state index in [-0.39, 0.29) is 34.4 Å². The van der Waals surface area contributed by atoms with Gasteiger partial charge in [0.2, 0.25) is 5.43 Å². The van der Waals surface area contributed by atoms with Crippen LogP contribution in [0.2, 0.25) is 0 Å². The summed E-state index contributed by atoms with van der Waals surface area (Å²) in [4.78, 5) is 34.4. The van der Waals surface area contributed by atoms with Crippen LogP contribution >= 0.6 is 0 Å². The number of fused-ring (bicyclic) bond motifs is 1. The number of pyridine rings is 3. The van der Waals surface area contributed by atoms with E-state index in [1.165, 1.54) is 39.7 Å². The molecule has 4 rings (SSSR count). The fourth-order valence-corrected chi connectivity index (χ4v) is 3.88. The molecule has 0 aliphatic carbocycles. The van der Waals surface area contributed by atoms with Gasteiger partial charge in [-0.05, 0) is 26.0 Å². The molecule has 192 valence electrons. The molecule has 3 heterocycles. The first-order valence-electron chi connectivity index (χ1n) is 11.1. The van der Waals surface area contributed by atoms with Crippen molar-refractivity contribution in [3.63, 3.8) is 0 Å². The molecule has 0 unspecified atom stereocenters. The third-order valence-corrected chi connectivity index (χ3v) is 5.99. The lowest BCUT2D eigenvalue weighted by Crippen LogP contribution is -2.28. The summed E-state index contributed by atoms with van der Waals surface area (Å²) in [6, 6.07) is 7.09. The third kappa shape index (κ3) is 4.63. The summed E-state index contributed by atoms with van der Waals surface area (Å²) < 4.78 is 38.1. The molecule has 3 aromatic heterocycles. The van der Waals surface area contributed by atoms with Crippen LogP contribution in [-0.4, -0.2) is 41.8 Å². The molecule has 0 radical (unpaired) electrons. The van der Waals surface area contributed by atoms with Crippen molar-refractivity contribution in [3.8, 4) is 28.9 Å². The number of ether oxygens (including phenoxy) is 4. The average Bonchev–Trinajstić information content (AvgIpc) is 2.88. The van der Waals surface area contributed by atoms with Gasteiger partial charge in [-0.3, -0.25) is 14.6 Å². The summed E-state index contributed by atoms with van der Waals surface area (Å²) in [5, 5.41) is 2.57. The highest BCUT2D eigenvalue weighted by atomic mass is 19.1. The van der Waals surface area contributed by atoms with E-state index in [1.807, 2.05) is 0 Å². The van der Waals surface area contributed by atoms with Gasteiger partial charge in [-0.2, -0.15) is 0 Å².